The second kappa shape index (κ2) is 8.31. The summed E-state index contributed by atoms with van der Waals surface area (Å²) in [7, 11) is 6.49. The fourth-order valence-corrected chi connectivity index (χ4v) is 4.21. The monoisotopic (exact) mass is 359 g/mol. The SMILES string of the molecule is CC(C)Cn1ncnc1CN(C)C[C@@H]1CCCN(C)[C@H]1c1ccnn1C. The Morgan fingerprint density at radius 1 is 1.27 bits per heavy atom. The van der Waals surface area contributed by atoms with Gasteiger partial charge in [-0.3, -0.25) is 14.5 Å². The second-order valence-corrected chi connectivity index (χ2v) is 8.16. The van der Waals surface area contributed by atoms with E-state index in [-0.39, 0.29) is 0 Å². The van der Waals surface area contributed by atoms with Gasteiger partial charge < -0.3 is 0 Å². The van der Waals surface area contributed by atoms with Crippen molar-refractivity contribution in [1.82, 2.24) is 34.3 Å². The predicted molar refractivity (Wildman–Crippen MR) is 102 cm³/mol. The smallest absolute Gasteiger partial charge is 0.141 e. The number of rotatable bonds is 7. The van der Waals surface area contributed by atoms with Crippen molar-refractivity contribution in [3.8, 4) is 0 Å². The van der Waals surface area contributed by atoms with E-state index in [9.17, 15) is 0 Å². The fraction of sp³-hybridized carbons (Fsp3) is 0.737. The largest absolute Gasteiger partial charge is 0.299 e. The van der Waals surface area contributed by atoms with Crippen LogP contribution in [-0.2, 0) is 20.1 Å². The van der Waals surface area contributed by atoms with Crippen LogP contribution in [-0.4, -0.2) is 61.5 Å². The molecule has 0 unspecified atom stereocenters. The van der Waals surface area contributed by atoms with Gasteiger partial charge in [-0.2, -0.15) is 10.2 Å². The van der Waals surface area contributed by atoms with Gasteiger partial charge in [0.15, 0.2) is 0 Å². The van der Waals surface area contributed by atoms with E-state index < -0.39 is 0 Å². The summed E-state index contributed by atoms with van der Waals surface area (Å²) in [6, 6.07) is 2.59. The van der Waals surface area contributed by atoms with Crippen LogP contribution in [0, 0.1) is 11.8 Å². The summed E-state index contributed by atoms with van der Waals surface area (Å²) in [6.45, 7) is 8.39. The topological polar surface area (TPSA) is 55.0 Å². The third kappa shape index (κ3) is 4.32. The highest BCUT2D eigenvalue weighted by Crippen LogP contribution is 2.35. The third-order valence-corrected chi connectivity index (χ3v) is 5.36. The maximum atomic E-state index is 4.49. The highest BCUT2D eigenvalue weighted by Gasteiger charge is 2.33. The molecule has 0 radical (unpaired) electrons. The molecule has 144 valence electrons. The van der Waals surface area contributed by atoms with Gasteiger partial charge in [0.2, 0.25) is 0 Å². The normalized spacial score (nSPS) is 21.8. The van der Waals surface area contributed by atoms with E-state index in [1.54, 1.807) is 6.33 Å². The van der Waals surface area contributed by atoms with Gasteiger partial charge in [-0.05, 0) is 51.4 Å². The van der Waals surface area contributed by atoms with E-state index in [4.69, 9.17) is 0 Å². The van der Waals surface area contributed by atoms with Gasteiger partial charge in [-0.15, -0.1) is 0 Å². The second-order valence-electron chi connectivity index (χ2n) is 8.16. The number of likely N-dealkylation sites (tertiary alicyclic amines) is 1. The van der Waals surface area contributed by atoms with E-state index in [2.05, 4.69) is 59.0 Å². The van der Waals surface area contributed by atoms with Crippen LogP contribution in [0.3, 0.4) is 0 Å². The molecular weight excluding hydrogens is 326 g/mol. The predicted octanol–water partition coefficient (Wildman–Crippen LogP) is 2.18. The average molecular weight is 360 g/mol. The Labute approximate surface area is 157 Å². The van der Waals surface area contributed by atoms with E-state index in [1.807, 2.05) is 22.6 Å². The van der Waals surface area contributed by atoms with Gasteiger partial charge in [-0.25, -0.2) is 9.67 Å². The molecule has 2 atom stereocenters. The summed E-state index contributed by atoms with van der Waals surface area (Å²) in [5, 5.41) is 8.79. The molecule has 0 N–H and O–H groups in total. The molecule has 7 heteroatoms. The van der Waals surface area contributed by atoms with Crippen molar-refractivity contribution >= 4 is 0 Å². The van der Waals surface area contributed by atoms with Crippen LogP contribution in [0.5, 0.6) is 0 Å². The molecule has 0 spiro atoms. The minimum Gasteiger partial charge on any atom is -0.299 e. The number of piperidine rings is 1. The van der Waals surface area contributed by atoms with Crippen molar-refractivity contribution in [3.05, 3.63) is 30.1 Å². The molecule has 1 saturated heterocycles. The van der Waals surface area contributed by atoms with Crippen LogP contribution in [0.4, 0.5) is 0 Å². The molecule has 0 aliphatic carbocycles. The summed E-state index contributed by atoms with van der Waals surface area (Å²) in [6.07, 6.45) is 6.10. The average Bonchev–Trinajstić information content (AvgIpc) is 3.17. The van der Waals surface area contributed by atoms with Crippen molar-refractivity contribution < 1.29 is 0 Å². The molecule has 2 aromatic rings. The van der Waals surface area contributed by atoms with Gasteiger partial charge in [0.05, 0.1) is 18.3 Å². The third-order valence-electron chi connectivity index (χ3n) is 5.36. The van der Waals surface area contributed by atoms with Crippen molar-refractivity contribution in [2.75, 3.05) is 27.2 Å². The molecule has 26 heavy (non-hydrogen) atoms. The first-order valence-electron chi connectivity index (χ1n) is 9.69. The van der Waals surface area contributed by atoms with Crippen LogP contribution in [0.1, 0.15) is 44.2 Å². The molecule has 7 nitrogen and oxygen atoms in total. The zero-order chi connectivity index (χ0) is 18.7. The van der Waals surface area contributed by atoms with Crippen LogP contribution in [0.15, 0.2) is 18.6 Å². The molecule has 2 aromatic heterocycles. The Balaban J connectivity index is 1.68. The molecule has 3 heterocycles. The fourth-order valence-electron chi connectivity index (χ4n) is 4.21. The van der Waals surface area contributed by atoms with Crippen molar-refractivity contribution in [3.63, 3.8) is 0 Å². The Morgan fingerprint density at radius 2 is 2.08 bits per heavy atom. The van der Waals surface area contributed by atoms with Crippen molar-refractivity contribution in [2.24, 2.45) is 18.9 Å². The maximum Gasteiger partial charge on any atom is 0.141 e. The molecule has 0 aromatic carbocycles. The highest BCUT2D eigenvalue weighted by molar-refractivity contribution is 5.10. The van der Waals surface area contributed by atoms with Gasteiger partial charge >= 0.3 is 0 Å². The highest BCUT2D eigenvalue weighted by atomic mass is 15.3. The summed E-state index contributed by atoms with van der Waals surface area (Å²) in [4.78, 5) is 9.37. The quantitative estimate of drug-likeness (QED) is 0.758. The minimum absolute atomic E-state index is 0.423. The molecule has 1 fully saturated rings. The van der Waals surface area contributed by atoms with E-state index in [1.165, 1.54) is 18.5 Å². The van der Waals surface area contributed by atoms with Crippen LogP contribution >= 0.6 is 0 Å². The molecule has 0 saturated carbocycles. The number of aromatic nitrogens is 5. The maximum absolute atomic E-state index is 4.49. The first kappa shape index (κ1) is 19.0. The van der Waals surface area contributed by atoms with E-state index in [0.29, 0.717) is 17.9 Å². The molecule has 3 rings (SSSR count). The molecule has 1 aliphatic rings. The van der Waals surface area contributed by atoms with E-state index in [0.717, 1.165) is 32.0 Å². The lowest BCUT2D eigenvalue weighted by molar-refractivity contribution is 0.0862. The first-order valence-corrected chi connectivity index (χ1v) is 9.69. The number of aryl methyl sites for hydroxylation is 1. The Kier molecular flexibility index (Phi) is 6.09. The Morgan fingerprint density at radius 3 is 2.77 bits per heavy atom. The Hall–Kier alpha value is -1.73. The molecule has 0 bridgehead atoms. The van der Waals surface area contributed by atoms with Gasteiger partial charge in [0.1, 0.15) is 12.2 Å². The lowest BCUT2D eigenvalue weighted by atomic mass is 9.87. The summed E-state index contributed by atoms with van der Waals surface area (Å²) >= 11 is 0. The Bertz CT molecular complexity index is 690. The lowest BCUT2D eigenvalue weighted by Gasteiger charge is -2.40. The van der Waals surface area contributed by atoms with Gasteiger partial charge in [-0.1, -0.05) is 13.8 Å². The van der Waals surface area contributed by atoms with E-state index >= 15 is 0 Å². The van der Waals surface area contributed by atoms with Crippen molar-refractivity contribution in [1.29, 1.82) is 0 Å². The standard InChI is InChI=1S/C19H33N7/c1-15(2)11-26-18(20-14-22-26)13-23(3)12-16-7-6-10-24(4)19(16)17-8-9-21-25(17)5/h8-9,14-16,19H,6-7,10-13H2,1-5H3/t16-,19+/m0/s1. The van der Waals surface area contributed by atoms with Gasteiger partial charge in [0, 0.05) is 26.3 Å². The zero-order valence-electron chi connectivity index (χ0n) is 16.8. The summed E-state index contributed by atoms with van der Waals surface area (Å²) < 4.78 is 4.07. The number of hydrogen-bond donors (Lipinski definition) is 0. The molecular formula is C19H33N7. The first-order chi connectivity index (χ1) is 12.5. The van der Waals surface area contributed by atoms with Crippen molar-refractivity contribution in [2.45, 2.75) is 45.8 Å². The van der Waals surface area contributed by atoms with Crippen LogP contribution in [0.25, 0.3) is 0 Å². The lowest BCUT2D eigenvalue weighted by Crippen LogP contribution is -2.41. The summed E-state index contributed by atoms with van der Waals surface area (Å²) in [5.41, 5.74) is 1.31. The van der Waals surface area contributed by atoms with Gasteiger partial charge in [0.25, 0.3) is 0 Å². The summed E-state index contributed by atoms with van der Waals surface area (Å²) in [5.74, 6) is 2.22. The van der Waals surface area contributed by atoms with Crippen LogP contribution < -0.4 is 0 Å². The minimum atomic E-state index is 0.423. The number of hydrogen-bond acceptors (Lipinski definition) is 5. The molecule has 0 amide bonds. The molecule has 1 aliphatic heterocycles. The number of nitrogens with zero attached hydrogens (tertiary/aromatic N) is 7. The van der Waals surface area contributed by atoms with Crippen LogP contribution in [0.2, 0.25) is 0 Å². The zero-order valence-corrected chi connectivity index (χ0v) is 16.8.